The first-order valence-electron chi connectivity index (χ1n) is 8.09. The van der Waals surface area contributed by atoms with Crippen molar-refractivity contribution < 1.29 is 19.4 Å². The van der Waals surface area contributed by atoms with E-state index in [9.17, 15) is 14.7 Å². The first-order valence-corrected chi connectivity index (χ1v) is 8.09. The van der Waals surface area contributed by atoms with Gasteiger partial charge >= 0.3 is 11.9 Å². The monoisotopic (exact) mass is 341 g/mol. The van der Waals surface area contributed by atoms with Gasteiger partial charge in [0.1, 0.15) is 11.3 Å². The van der Waals surface area contributed by atoms with Crippen molar-refractivity contribution in [1.82, 2.24) is 4.90 Å². The topological polar surface area (TPSA) is 66.8 Å². The number of aromatic hydroxyl groups is 1. The minimum Gasteiger partial charge on any atom is -0.507 e. The molecule has 0 spiro atoms. The zero-order chi connectivity index (χ0) is 18.4. The minimum absolute atomic E-state index is 0.0266. The molecule has 0 saturated carbocycles. The van der Waals surface area contributed by atoms with Crippen LogP contribution in [0.4, 0.5) is 0 Å². The fourth-order valence-corrected chi connectivity index (χ4v) is 2.33. The van der Waals surface area contributed by atoms with Gasteiger partial charge in [-0.2, -0.15) is 0 Å². The summed E-state index contributed by atoms with van der Waals surface area (Å²) in [5.41, 5.74) is 0.755. The quantitative estimate of drug-likeness (QED) is 0.667. The molecule has 5 heteroatoms. The fourth-order valence-electron chi connectivity index (χ4n) is 2.33. The van der Waals surface area contributed by atoms with E-state index >= 15 is 0 Å². The lowest BCUT2D eigenvalue weighted by Crippen LogP contribution is -2.44. The van der Waals surface area contributed by atoms with E-state index in [0.717, 1.165) is 5.56 Å². The highest BCUT2D eigenvalue weighted by molar-refractivity contribution is 5.99. The lowest BCUT2D eigenvalue weighted by molar-refractivity contribution is -0.140. The molecular weight excluding hydrogens is 318 g/mol. The van der Waals surface area contributed by atoms with Crippen LogP contribution in [-0.4, -0.2) is 34.0 Å². The molecule has 0 radical (unpaired) electrons. The molecule has 1 N–H and O–H groups in total. The second kappa shape index (κ2) is 7.94. The van der Waals surface area contributed by atoms with E-state index < -0.39 is 11.9 Å². The standard InChI is InChI=1S/C20H23NO4/c1-20(2,3)21(13-15-9-5-4-6-10-15)14-18(23)25-19(24)16-11-7-8-12-17(16)22/h4-12,22H,13-14H2,1-3H3. The highest BCUT2D eigenvalue weighted by Crippen LogP contribution is 2.19. The number of benzene rings is 2. The van der Waals surface area contributed by atoms with Crippen LogP contribution in [0.15, 0.2) is 54.6 Å². The van der Waals surface area contributed by atoms with Crippen LogP contribution >= 0.6 is 0 Å². The zero-order valence-electron chi connectivity index (χ0n) is 14.7. The van der Waals surface area contributed by atoms with Gasteiger partial charge in [-0.1, -0.05) is 42.5 Å². The number of rotatable bonds is 5. The zero-order valence-corrected chi connectivity index (χ0v) is 14.7. The summed E-state index contributed by atoms with van der Waals surface area (Å²) >= 11 is 0. The average molecular weight is 341 g/mol. The van der Waals surface area contributed by atoms with Gasteiger partial charge in [0.25, 0.3) is 0 Å². The number of para-hydroxylation sites is 1. The number of esters is 2. The summed E-state index contributed by atoms with van der Waals surface area (Å²) in [6.07, 6.45) is 0. The highest BCUT2D eigenvalue weighted by atomic mass is 16.6. The molecule has 0 atom stereocenters. The van der Waals surface area contributed by atoms with Gasteiger partial charge in [0.05, 0.1) is 6.54 Å². The Hall–Kier alpha value is -2.66. The van der Waals surface area contributed by atoms with E-state index in [-0.39, 0.29) is 23.4 Å². The number of phenolic OH excluding ortho intramolecular Hbond substituents is 1. The van der Waals surface area contributed by atoms with Gasteiger partial charge in [0, 0.05) is 12.1 Å². The van der Waals surface area contributed by atoms with Crippen molar-refractivity contribution in [3.8, 4) is 5.75 Å². The Labute approximate surface area is 147 Å². The summed E-state index contributed by atoms with van der Waals surface area (Å²) in [4.78, 5) is 26.2. The number of phenols is 1. The van der Waals surface area contributed by atoms with Gasteiger partial charge in [-0.15, -0.1) is 0 Å². The van der Waals surface area contributed by atoms with Crippen LogP contribution in [0.1, 0.15) is 36.7 Å². The normalized spacial score (nSPS) is 11.4. The Kier molecular flexibility index (Phi) is 5.93. The lowest BCUT2D eigenvalue weighted by atomic mass is 10.0. The molecule has 0 aliphatic carbocycles. The molecule has 0 bridgehead atoms. The van der Waals surface area contributed by atoms with Crippen molar-refractivity contribution in [2.75, 3.05) is 6.54 Å². The first kappa shape index (κ1) is 18.7. The van der Waals surface area contributed by atoms with Crippen molar-refractivity contribution in [3.05, 3.63) is 65.7 Å². The average Bonchev–Trinajstić information content (AvgIpc) is 2.54. The minimum atomic E-state index is -0.850. The van der Waals surface area contributed by atoms with E-state index in [1.54, 1.807) is 12.1 Å². The molecule has 0 aromatic heterocycles. The smallest absolute Gasteiger partial charge is 0.349 e. The molecule has 0 unspecified atom stereocenters. The van der Waals surface area contributed by atoms with E-state index in [1.807, 2.05) is 56.0 Å². The highest BCUT2D eigenvalue weighted by Gasteiger charge is 2.26. The largest absolute Gasteiger partial charge is 0.507 e. The summed E-state index contributed by atoms with van der Waals surface area (Å²) in [6.45, 7) is 6.51. The van der Waals surface area contributed by atoms with Crippen LogP contribution in [0.25, 0.3) is 0 Å². The van der Waals surface area contributed by atoms with Gasteiger partial charge in [0.2, 0.25) is 0 Å². The molecule has 0 saturated heterocycles. The van der Waals surface area contributed by atoms with Crippen molar-refractivity contribution in [3.63, 3.8) is 0 Å². The van der Waals surface area contributed by atoms with E-state index in [2.05, 4.69) is 0 Å². The molecule has 2 aromatic carbocycles. The number of hydrogen-bond acceptors (Lipinski definition) is 5. The number of carbonyl (C=O) groups is 2. The van der Waals surface area contributed by atoms with Crippen molar-refractivity contribution in [1.29, 1.82) is 0 Å². The van der Waals surface area contributed by atoms with E-state index in [4.69, 9.17) is 4.74 Å². The Morgan fingerprint density at radius 1 is 1.00 bits per heavy atom. The predicted octanol–water partition coefficient (Wildman–Crippen LogP) is 3.38. The van der Waals surface area contributed by atoms with Crippen LogP contribution in [0.5, 0.6) is 5.75 Å². The second-order valence-electron chi connectivity index (χ2n) is 6.79. The Balaban J connectivity index is 2.04. The third-order valence-corrected chi connectivity index (χ3v) is 3.82. The molecule has 0 heterocycles. The molecule has 25 heavy (non-hydrogen) atoms. The Bertz CT molecular complexity index is 735. The summed E-state index contributed by atoms with van der Waals surface area (Å²) in [5, 5.41) is 9.68. The maximum Gasteiger partial charge on any atom is 0.349 e. The maximum absolute atomic E-state index is 12.2. The van der Waals surface area contributed by atoms with Crippen molar-refractivity contribution in [2.45, 2.75) is 32.9 Å². The Morgan fingerprint density at radius 3 is 2.20 bits per heavy atom. The number of nitrogens with zero attached hydrogens (tertiary/aromatic N) is 1. The summed E-state index contributed by atoms with van der Waals surface area (Å²) in [5.74, 6) is -1.71. The number of carbonyl (C=O) groups excluding carboxylic acids is 2. The predicted molar refractivity (Wildman–Crippen MR) is 95.1 cm³/mol. The molecule has 0 amide bonds. The van der Waals surface area contributed by atoms with Crippen molar-refractivity contribution >= 4 is 11.9 Å². The molecule has 2 aromatic rings. The third-order valence-electron chi connectivity index (χ3n) is 3.82. The van der Waals surface area contributed by atoms with Gasteiger partial charge in [0.15, 0.2) is 0 Å². The number of hydrogen-bond donors (Lipinski definition) is 1. The van der Waals surface area contributed by atoms with E-state index in [1.165, 1.54) is 12.1 Å². The van der Waals surface area contributed by atoms with Gasteiger partial charge < -0.3 is 9.84 Å². The maximum atomic E-state index is 12.2. The number of ether oxygens (including phenoxy) is 1. The molecular formula is C20H23NO4. The van der Waals surface area contributed by atoms with Crippen LogP contribution in [0, 0.1) is 0 Å². The van der Waals surface area contributed by atoms with Gasteiger partial charge in [-0.3, -0.25) is 9.69 Å². The molecule has 2 rings (SSSR count). The van der Waals surface area contributed by atoms with Crippen LogP contribution in [0.2, 0.25) is 0 Å². The lowest BCUT2D eigenvalue weighted by Gasteiger charge is -2.34. The van der Waals surface area contributed by atoms with E-state index in [0.29, 0.717) is 6.54 Å². The SMILES string of the molecule is CC(C)(C)N(CC(=O)OC(=O)c1ccccc1O)Cc1ccccc1. The van der Waals surface area contributed by atoms with Gasteiger partial charge in [-0.25, -0.2) is 4.79 Å². The Morgan fingerprint density at radius 2 is 1.60 bits per heavy atom. The summed E-state index contributed by atoms with van der Waals surface area (Å²) in [7, 11) is 0. The van der Waals surface area contributed by atoms with Crippen LogP contribution in [-0.2, 0) is 16.1 Å². The molecule has 5 nitrogen and oxygen atoms in total. The molecule has 0 aliphatic heterocycles. The van der Waals surface area contributed by atoms with Crippen molar-refractivity contribution in [2.24, 2.45) is 0 Å². The van der Waals surface area contributed by atoms with Gasteiger partial charge in [-0.05, 0) is 38.5 Å². The molecule has 132 valence electrons. The second-order valence-corrected chi connectivity index (χ2v) is 6.79. The fraction of sp³-hybridized carbons (Fsp3) is 0.300. The molecule has 0 aliphatic rings. The van der Waals surface area contributed by atoms with Crippen LogP contribution < -0.4 is 0 Å². The van der Waals surface area contributed by atoms with Crippen LogP contribution in [0.3, 0.4) is 0 Å². The molecule has 0 fully saturated rings. The summed E-state index contributed by atoms with van der Waals surface area (Å²) < 4.78 is 4.90. The summed E-state index contributed by atoms with van der Waals surface area (Å²) in [6, 6.07) is 15.8. The third kappa shape index (κ3) is 5.43. The first-order chi connectivity index (χ1) is 11.8.